The number of nitrogens with one attached hydrogen (secondary N) is 1. The van der Waals surface area contributed by atoms with Crippen molar-refractivity contribution in [2.75, 3.05) is 26.7 Å². The molecule has 0 amide bonds. The molecule has 0 aromatic carbocycles. The van der Waals surface area contributed by atoms with Crippen LogP contribution in [0.2, 0.25) is 0 Å². The number of nitrogens with zero attached hydrogens (tertiary/aromatic N) is 5. The monoisotopic (exact) mass is 306 g/mol. The van der Waals surface area contributed by atoms with Crippen LogP contribution in [0.15, 0.2) is 4.99 Å². The van der Waals surface area contributed by atoms with Crippen LogP contribution in [-0.2, 0) is 18.3 Å². The summed E-state index contributed by atoms with van der Waals surface area (Å²) in [6.07, 6.45) is 3.98. The van der Waals surface area contributed by atoms with Gasteiger partial charge in [-0.25, -0.2) is 0 Å². The number of aromatic nitrogens is 3. The fourth-order valence-corrected chi connectivity index (χ4v) is 3.38. The maximum atomic E-state index is 5.88. The second-order valence-corrected chi connectivity index (χ2v) is 6.17. The summed E-state index contributed by atoms with van der Waals surface area (Å²) >= 11 is 0. The summed E-state index contributed by atoms with van der Waals surface area (Å²) in [4.78, 5) is 6.78. The molecule has 0 spiro atoms. The lowest BCUT2D eigenvalue weighted by Crippen LogP contribution is -2.52. The van der Waals surface area contributed by atoms with Crippen molar-refractivity contribution in [1.82, 2.24) is 25.0 Å². The van der Waals surface area contributed by atoms with Gasteiger partial charge < -0.3 is 19.5 Å². The van der Waals surface area contributed by atoms with Crippen molar-refractivity contribution < 1.29 is 4.74 Å². The second-order valence-electron chi connectivity index (χ2n) is 6.17. The number of guanidine groups is 1. The van der Waals surface area contributed by atoms with Gasteiger partial charge in [-0.05, 0) is 26.2 Å². The first-order valence-electron chi connectivity index (χ1n) is 8.11. The van der Waals surface area contributed by atoms with Gasteiger partial charge >= 0.3 is 0 Å². The highest BCUT2D eigenvalue weighted by Crippen LogP contribution is 2.28. The van der Waals surface area contributed by atoms with E-state index in [0.29, 0.717) is 18.6 Å². The standard InChI is InChI=1S/C15H26N6O/c1-11-18-19-14(20(11)3)9-17-15(16-2)21-7-6-13-12(10-21)5-4-8-22-13/h12-13H,4-10H2,1-3H3,(H,16,17). The molecule has 1 aromatic rings. The van der Waals surface area contributed by atoms with Gasteiger partial charge in [0.1, 0.15) is 5.82 Å². The number of rotatable bonds is 2. The van der Waals surface area contributed by atoms with E-state index in [9.17, 15) is 0 Å². The van der Waals surface area contributed by atoms with Gasteiger partial charge in [-0.2, -0.15) is 0 Å². The van der Waals surface area contributed by atoms with E-state index in [1.807, 2.05) is 25.6 Å². The lowest BCUT2D eigenvalue weighted by molar-refractivity contribution is -0.0559. The van der Waals surface area contributed by atoms with Gasteiger partial charge in [0.05, 0.1) is 12.6 Å². The number of piperidine rings is 1. The molecular weight excluding hydrogens is 280 g/mol. The Kier molecular flexibility index (Phi) is 4.61. The molecule has 2 saturated heterocycles. The first kappa shape index (κ1) is 15.3. The zero-order valence-corrected chi connectivity index (χ0v) is 13.7. The number of hydrogen-bond donors (Lipinski definition) is 1. The van der Waals surface area contributed by atoms with Crippen molar-refractivity contribution in [3.63, 3.8) is 0 Å². The Morgan fingerprint density at radius 3 is 3.00 bits per heavy atom. The molecule has 3 heterocycles. The summed E-state index contributed by atoms with van der Waals surface area (Å²) in [5.74, 6) is 3.43. The third kappa shape index (κ3) is 3.09. The number of ether oxygens (including phenoxy) is 1. The molecule has 122 valence electrons. The van der Waals surface area contributed by atoms with Crippen molar-refractivity contribution >= 4 is 5.96 Å². The minimum absolute atomic E-state index is 0.449. The molecule has 1 aromatic heterocycles. The van der Waals surface area contributed by atoms with Crippen LogP contribution in [0.3, 0.4) is 0 Å². The molecule has 7 nitrogen and oxygen atoms in total. The van der Waals surface area contributed by atoms with E-state index < -0.39 is 0 Å². The minimum Gasteiger partial charge on any atom is -0.378 e. The lowest BCUT2D eigenvalue weighted by Gasteiger charge is -2.42. The average Bonchev–Trinajstić information content (AvgIpc) is 2.87. The van der Waals surface area contributed by atoms with Gasteiger partial charge in [-0.15, -0.1) is 10.2 Å². The largest absolute Gasteiger partial charge is 0.378 e. The number of aryl methyl sites for hydroxylation is 1. The van der Waals surface area contributed by atoms with Crippen molar-refractivity contribution in [1.29, 1.82) is 0 Å². The van der Waals surface area contributed by atoms with Crippen molar-refractivity contribution in [2.45, 2.75) is 38.8 Å². The molecule has 0 aliphatic carbocycles. The fraction of sp³-hybridized carbons (Fsp3) is 0.800. The molecule has 2 atom stereocenters. The Hall–Kier alpha value is -1.63. The van der Waals surface area contributed by atoms with Gasteiger partial charge in [0.2, 0.25) is 0 Å². The van der Waals surface area contributed by atoms with Gasteiger partial charge in [0, 0.05) is 39.7 Å². The first-order chi connectivity index (χ1) is 10.7. The zero-order chi connectivity index (χ0) is 15.5. The molecule has 0 radical (unpaired) electrons. The van der Waals surface area contributed by atoms with E-state index in [2.05, 4.69) is 25.4 Å². The third-order valence-corrected chi connectivity index (χ3v) is 4.81. The van der Waals surface area contributed by atoms with Crippen LogP contribution in [0.4, 0.5) is 0 Å². The Morgan fingerprint density at radius 1 is 1.41 bits per heavy atom. The van der Waals surface area contributed by atoms with Crippen LogP contribution in [0.1, 0.15) is 30.9 Å². The van der Waals surface area contributed by atoms with Crippen molar-refractivity contribution in [2.24, 2.45) is 18.0 Å². The number of aliphatic imine (C=N–C) groups is 1. The van der Waals surface area contributed by atoms with Gasteiger partial charge in [0.15, 0.2) is 11.8 Å². The SMILES string of the molecule is CN=C(NCc1nnc(C)n1C)N1CCC2OCCCC2C1. The van der Waals surface area contributed by atoms with Crippen LogP contribution in [0.5, 0.6) is 0 Å². The molecular formula is C15H26N6O. The molecule has 7 heteroatoms. The normalized spacial score (nSPS) is 26.0. The number of hydrogen-bond acceptors (Lipinski definition) is 4. The molecule has 3 rings (SSSR count). The Bertz CT molecular complexity index is 540. The molecule has 1 N–H and O–H groups in total. The molecule has 2 aliphatic heterocycles. The molecule has 2 aliphatic rings. The van der Waals surface area contributed by atoms with Crippen LogP contribution < -0.4 is 5.32 Å². The minimum atomic E-state index is 0.449. The molecule has 0 saturated carbocycles. The first-order valence-corrected chi connectivity index (χ1v) is 8.11. The molecule has 2 fully saturated rings. The summed E-state index contributed by atoms with van der Waals surface area (Å²) in [5.41, 5.74) is 0. The van der Waals surface area contributed by atoms with Crippen LogP contribution >= 0.6 is 0 Å². The van der Waals surface area contributed by atoms with Crippen LogP contribution in [-0.4, -0.2) is 58.5 Å². The van der Waals surface area contributed by atoms with Crippen LogP contribution in [0, 0.1) is 12.8 Å². The highest BCUT2D eigenvalue weighted by molar-refractivity contribution is 5.79. The van der Waals surface area contributed by atoms with Gasteiger partial charge in [0.25, 0.3) is 0 Å². The second kappa shape index (κ2) is 6.64. The van der Waals surface area contributed by atoms with E-state index in [1.165, 1.54) is 12.8 Å². The van der Waals surface area contributed by atoms with Crippen LogP contribution in [0.25, 0.3) is 0 Å². The van der Waals surface area contributed by atoms with Crippen molar-refractivity contribution in [3.8, 4) is 0 Å². The summed E-state index contributed by atoms with van der Waals surface area (Å²) in [6, 6.07) is 0. The predicted molar refractivity (Wildman–Crippen MR) is 84.6 cm³/mol. The zero-order valence-electron chi connectivity index (χ0n) is 13.7. The maximum Gasteiger partial charge on any atom is 0.194 e. The highest BCUT2D eigenvalue weighted by atomic mass is 16.5. The predicted octanol–water partition coefficient (Wildman–Crippen LogP) is 0.700. The van der Waals surface area contributed by atoms with Crippen molar-refractivity contribution in [3.05, 3.63) is 11.6 Å². The molecule has 22 heavy (non-hydrogen) atoms. The summed E-state index contributed by atoms with van der Waals surface area (Å²) in [5, 5.41) is 11.7. The Balaban J connectivity index is 1.59. The highest BCUT2D eigenvalue weighted by Gasteiger charge is 2.33. The van der Waals surface area contributed by atoms with E-state index in [1.54, 1.807) is 0 Å². The van der Waals surface area contributed by atoms with E-state index >= 15 is 0 Å². The molecule has 0 bridgehead atoms. The fourth-order valence-electron chi connectivity index (χ4n) is 3.38. The van der Waals surface area contributed by atoms with Gasteiger partial charge in [-0.1, -0.05) is 0 Å². The smallest absolute Gasteiger partial charge is 0.194 e. The number of fused-ring (bicyclic) bond motifs is 1. The quantitative estimate of drug-likeness (QED) is 0.643. The van der Waals surface area contributed by atoms with Gasteiger partial charge in [-0.3, -0.25) is 4.99 Å². The summed E-state index contributed by atoms with van der Waals surface area (Å²) in [6.45, 7) is 5.56. The maximum absolute atomic E-state index is 5.88. The Labute approximate surface area is 131 Å². The van der Waals surface area contributed by atoms with E-state index in [4.69, 9.17) is 4.74 Å². The lowest BCUT2D eigenvalue weighted by atomic mass is 9.88. The Morgan fingerprint density at radius 2 is 2.27 bits per heavy atom. The van der Waals surface area contributed by atoms with E-state index in [0.717, 1.165) is 43.7 Å². The summed E-state index contributed by atoms with van der Waals surface area (Å²) in [7, 11) is 3.83. The number of likely N-dealkylation sites (tertiary alicyclic amines) is 1. The summed E-state index contributed by atoms with van der Waals surface area (Å²) < 4.78 is 7.88. The third-order valence-electron chi connectivity index (χ3n) is 4.81. The average molecular weight is 306 g/mol. The topological polar surface area (TPSA) is 67.6 Å². The van der Waals surface area contributed by atoms with E-state index in [-0.39, 0.29) is 0 Å². The molecule has 2 unspecified atom stereocenters.